The Hall–Kier alpha value is -3.22. The van der Waals surface area contributed by atoms with E-state index in [2.05, 4.69) is 10.2 Å². The molecule has 27 heavy (non-hydrogen) atoms. The lowest BCUT2D eigenvalue weighted by Crippen LogP contribution is -2.56. The molecule has 1 fully saturated rings. The smallest absolute Gasteiger partial charge is 0.275 e. The van der Waals surface area contributed by atoms with Gasteiger partial charge in [0.15, 0.2) is 0 Å². The molecule has 2 aliphatic rings. The van der Waals surface area contributed by atoms with Gasteiger partial charge >= 0.3 is 0 Å². The molecule has 2 aliphatic heterocycles. The average molecular weight is 367 g/mol. The lowest BCUT2D eigenvalue weighted by atomic mass is 10.1. The molecule has 7 heteroatoms. The first-order valence-corrected chi connectivity index (χ1v) is 8.90. The van der Waals surface area contributed by atoms with E-state index in [0.29, 0.717) is 37.6 Å². The average Bonchev–Trinajstić information content (AvgIpc) is 2.73. The predicted octanol–water partition coefficient (Wildman–Crippen LogP) is 1.74. The zero-order chi connectivity index (χ0) is 18.8. The summed E-state index contributed by atoms with van der Waals surface area (Å²) in [4.78, 5) is 29.0. The third-order valence-electron chi connectivity index (χ3n) is 4.87. The Morgan fingerprint density at radius 3 is 2.56 bits per heavy atom. The first-order valence-electron chi connectivity index (χ1n) is 8.90. The molecule has 0 radical (unpaired) electrons. The molecular formula is C20H21N3O4. The van der Waals surface area contributed by atoms with Crippen LogP contribution < -0.4 is 19.7 Å². The standard InChI is InChI=1S/C20H21N3O4/c1-26-17-9-5-3-7-15(17)22-10-12-23(13-11-22)20(25)18-19(24)21-14-6-2-4-8-16(14)27-18/h2-9,18H,10-13H2,1H3,(H,21,24)/t18-/m1/s1. The van der Waals surface area contributed by atoms with E-state index >= 15 is 0 Å². The van der Waals surface area contributed by atoms with Crippen LogP contribution in [0.25, 0.3) is 0 Å². The van der Waals surface area contributed by atoms with Crippen LogP contribution in [0.1, 0.15) is 0 Å². The number of piperazine rings is 1. The van der Waals surface area contributed by atoms with Gasteiger partial charge in [-0.1, -0.05) is 24.3 Å². The van der Waals surface area contributed by atoms with Gasteiger partial charge in [-0.15, -0.1) is 0 Å². The summed E-state index contributed by atoms with van der Waals surface area (Å²) >= 11 is 0. The molecule has 1 saturated heterocycles. The fourth-order valence-corrected chi connectivity index (χ4v) is 3.44. The second-order valence-corrected chi connectivity index (χ2v) is 6.47. The Labute approximate surface area is 157 Å². The van der Waals surface area contributed by atoms with E-state index in [4.69, 9.17) is 9.47 Å². The number of anilines is 2. The lowest BCUT2D eigenvalue weighted by Gasteiger charge is -2.38. The molecule has 1 atom stereocenters. The second-order valence-electron chi connectivity index (χ2n) is 6.47. The maximum Gasteiger partial charge on any atom is 0.275 e. The molecule has 2 amide bonds. The first-order chi connectivity index (χ1) is 13.2. The van der Waals surface area contributed by atoms with Crippen LogP contribution in [0.5, 0.6) is 11.5 Å². The number of carbonyl (C=O) groups is 2. The molecule has 140 valence electrons. The number of fused-ring (bicyclic) bond motifs is 1. The van der Waals surface area contributed by atoms with Gasteiger partial charge in [0.25, 0.3) is 17.9 Å². The minimum absolute atomic E-state index is 0.304. The van der Waals surface area contributed by atoms with Crippen LogP contribution in [0, 0.1) is 0 Å². The summed E-state index contributed by atoms with van der Waals surface area (Å²) < 4.78 is 11.1. The van der Waals surface area contributed by atoms with E-state index in [-0.39, 0.29) is 5.91 Å². The van der Waals surface area contributed by atoms with Gasteiger partial charge in [0.05, 0.1) is 18.5 Å². The van der Waals surface area contributed by atoms with Gasteiger partial charge in [0, 0.05) is 26.2 Å². The number of ether oxygens (including phenoxy) is 2. The molecular weight excluding hydrogens is 346 g/mol. The zero-order valence-electron chi connectivity index (χ0n) is 15.1. The SMILES string of the molecule is COc1ccccc1N1CCN(C(=O)[C@@H]2Oc3ccccc3NC2=O)CC1. The molecule has 7 nitrogen and oxygen atoms in total. The summed E-state index contributed by atoms with van der Waals surface area (Å²) in [7, 11) is 1.65. The van der Waals surface area contributed by atoms with Crippen molar-refractivity contribution < 1.29 is 19.1 Å². The van der Waals surface area contributed by atoms with Crippen molar-refractivity contribution in [1.29, 1.82) is 0 Å². The largest absolute Gasteiger partial charge is 0.495 e. The summed E-state index contributed by atoms with van der Waals surface area (Å²) in [6.45, 7) is 2.37. The van der Waals surface area contributed by atoms with Gasteiger partial charge < -0.3 is 24.6 Å². The second kappa shape index (κ2) is 7.19. The van der Waals surface area contributed by atoms with E-state index in [1.165, 1.54) is 0 Å². The maximum atomic E-state index is 12.8. The van der Waals surface area contributed by atoms with Gasteiger partial charge in [-0.2, -0.15) is 0 Å². The number of nitrogens with zero attached hydrogens (tertiary/aromatic N) is 2. The highest BCUT2D eigenvalue weighted by Gasteiger charge is 2.37. The van der Waals surface area contributed by atoms with Crippen LogP contribution in [-0.4, -0.2) is 56.1 Å². The van der Waals surface area contributed by atoms with Gasteiger partial charge in [0.2, 0.25) is 0 Å². The van der Waals surface area contributed by atoms with Crippen LogP contribution >= 0.6 is 0 Å². The highest BCUT2D eigenvalue weighted by Crippen LogP contribution is 2.30. The minimum atomic E-state index is -1.14. The Balaban J connectivity index is 1.42. The van der Waals surface area contributed by atoms with Gasteiger partial charge in [-0.3, -0.25) is 9.59 Å². The number of para-hydroxylation sites is 4. The number of benzene rings is 2. The fourth-order valence-electron chi connectivity index (χ4n) is 3.44. The van der Waals surface area contributed by atoms with Gasteiger partial charge in [0.1, 0.15) is 11.5 Å². The van der Waals surface area contributed by atoms with Crippen molar-refractivity contribution in [3.63, 3.8) is 0 Å². The quantitative estimate of drug-likeness (QED) is 0.837. The number of hydrogen-bond acceptors (Lipinski definition) is 5. The third kappa shape index (κ3) is 3.28. The van der Waals surface area contributed by atoms with Crippen molar-refractivity contribution in [3.8, 4) is 11.5 Å². The Bertz CT molecular complexity index is 862. The molecule has 0 saturated carbocycles. The first kappa shape index (κ1) is 17.2. The number of rotatable bonds is 3. The van der Waals surface area contributed by atoms with Gasteiger partial charge in [-0.05, 0) is 24.3 Å². The number of nitrogens with one attached hydrogen (secondary N) is 1. The monoisotopic (exact) mass is 367 g/mol. The molecule has 2 aromatic carbocycles. The van der Waals surface area contributed by atoms with E-state index < -0.39 is 12.0 Å². The number of hydrogen-bond donors (Lipinski definition) is 1. The van der Waals surface area contributed by atoms with Crippen LogP contribution in [0.4, 0.5) is 11.4 Å². The summed E-state index contributed by atoms with van der Waals surface area (Å²) in [6, 6.07) is 14.9. The predicted molar refractivity (Wildman–Crippen MR) is 101 cm³/mol. The number of carbonyl (C=O) groups excluding carboxylic acids is 2. The molecule has 2 aromatic rings. The number of methoxy groups -OCH3 is 1. The van der Waals surface area contributed by atoms with Crippen LogP contribution in [-0.2, 0) is 9.59 Å². The summed E-state index contributed by atoms with van der Waals surface area (Å²) in [5.74, 6) is 0.597. The molecule has 1 N–H and O–H groups in total. The molecule has 2 heterocycles. The van der Waals surface area contributed by atoms with Crippen molar-refractivity contribution in [2.24, 2.45) is 0 Å². The number of amides is 2. The summed E-state index contributed by atoms with van der Waals surface area (Å²) in [5, 5.41) is 2.74. The van der Waals surface area contributed by atoms with E-state index in [0.717, 1.165) is 11.4 Å². The highest BCUT2D eigenvalue weighted by atomic mass is 16.5. The lowest BCUT2D eigenvalue weighted by molar-refractivity contribution is -0.145. The van der Waals surface area contributed by atoms with Crippen LogP contribution in [0.15, 0.2) is 48.5 Å². The molecule has 0 unspecified atom stereocenters. The zero-order valence-corrected chi connectivity index (χ0v) is 15.1. The van der Waals surface area contributed by atoms with Crippen molar-refractivity contribution in [1.82, 2.24) is 4.90 Å². The van der Waals surface area contributed by atoms with Gasteiger partial charge in [-0.25, -0.2) is 0 Å². The van der Waals surface area contributed by atoms with E-state index in [1.807, 2.05) is 36.4 Å². The molecule has 0 aromatic heterocycles. The normalized spacial score (nSPS) is 19.0. The minimum Gasteiger partial charge on any atom is -0.495 e. The topological polar surface area (TPSA) is 71.1 Å². The summed E-state index contributed by atoms with van der Waals surface area (Å²) in [6.07, 6.45) is -1.14. The van der Waals surface area contributed by atoms with Crippen LogP contribution in [0.2, 0.25) is 0 Å². The Kier molecular flexibility index (Phi) is 4.58. The Morgan fingerprint density at radius 2 is 1.78 bits per heavy atom. The molecule has 0 aliphatic carbocycles. The van der Waals surface area contributed by atoms with Crippen LogP contribution in [0.3, 0.4) is 0 Å². The molecule has 0 spiro atoms. The van der Waals surface area contributed by atoms with Crippen molar-refractivity contribution in [2.45, 2.75) is 6.10 Å². The maximum absolute atomic E-state index is 12.8. The van der Waals surface area contributed by atoms with Crippen molar-refractivity contribution >= 4 is 23.2 Å². The fraction of sp³-hybridized carbons (Fsp3) is 0.300. The molecule has 0 bridgehead atoms. The Morgan fingerprint density at radius 1 is 1.07 bits per heavy atom. The van der Waals surface area contributed by atoms with E-state index in [9.17, 15) is 9.59 Å². The third-order valence-corrected chi connectivity index (χ3v) is 4.87. The van der Waals surface area contributed by atoms with Crippen molar-refractivity contribution in [3.05, 3.63) is 48.5 Å². The van der Waals surface area contributed by atoms with E-state index in [1.54, 1.807) is 24.1 Å². The molecule has 4 rings (SSSR count). The summed E-state index contributed by atoms with van der Waals surface area (Å²) in [5.41, 5.74) is 1.60. The highest BCUT2D eigenvalue weighted by molar-refractivity contribution is 6.11. The van der Waals surface area contributed by atoms with Crippen molar-refractivity contribution in [2.75, 3.05) is 43.5 Å².